The Balaban J connectivity index is 2.03. The third kappa shape index (κ3) is 3.97. The molecular formula is C16H23N3. The Bertz CT molecular complexity index is 413. The first-order valence-electron chi connectivity index (χ1n) is 7.32. The van der Waals surface area contributed by atoms with Crippen molar-refractivity contribution >= 4 is 5.69 Å². The fourth-order valence-electron chi connectivity index (χ4n) is 2.69. The van der Waals surface area contributed by atoms with E-state index < -0.39 is 0 Å². The fourth-order valence-corrected chi connectivity index (χ4v) is 2.69. The Morgan fingerprint density at radius 1 is 1.32 bits per heavy atom. The Labute approximate surface area is 116 Å². The predicted molar refractivity (Wildman–Crippen MR) is 79.3 cm³/mol. The molecular weight excluding hydrogens is 234 g/mol. The molecule has 1 heterocycles. The van der Waals surface area contributed by atoms with Crippen molar-refractivity contribution in [2.75, 3.05) is 24.5 Å². The number of nitrogens with zero attached hydrogens (tertiary/aromatic N) is 2. The Hall–Kier alpha value is -1.53. The molecule has 1 atom stereocenters. The molecule has 0 saturated carbocycles. The predicted octanol–water partition coefficient (Wildman–Crippen LogP) is 2.92. The summed E-state index contributed by atoms with van der Waals surface area (Å²) in [5, 5.41) is 12.5. The highest BCUT2D eigenvalue weighted by Gasteiger charge is 2.16. The number of hydrogen-bond acceptors (Lipinski definition) is 3. The summed E-state index contributed by atoms with van der Waals surface area (Å²) in [6, 6.07) is 10.7. The first kappa shape index (κ1) is 13.9. The largest absolute Gasteiger partial charge is 0.370 e. The molecule has 0 bridgehead atoms. The lowest BCUT2D eigenvalue weighted by Crippen LogP contribution is -2.44. The molecule has 1 fully saturated rings. The molecule has 19 heavy (non-hydrogen) atoms. The quantitative estimate of drug-likeness (QED) is 0.881. The monoisotopic (exact) mass is 257 g/mol. The number of anilines is 1. The lowest BCUT2D eigenvalue weighted by molar-refractivity contribution is 0.399. The van der Waals surface area contributed by atoms with Gasteiger partial charge in [-0.25, -0.2) is 0 Å². The Morgan fingerprint density at radius 2 is 2.11 bits per heavy atom. The highest BCUT2D eigenvalue weighted by molar-refractivity contribution is 5.49. The summed E-state index contributed by atoms with van der Waals surface area (Å²) in [4.78, 5) is 2.43. The van der Waals surface area contributed by atoms with Crippen LogP contribution >= 0.6 is 0 Å². The van der Waals surface area contributed by atoms with Crippen LogP contribution in [0.15, 0.2) is 24.3 Å². The van der Waals surface area contributed by atoms with Crippen LogP contribution in [-0.4, -0.2) is 25.7 Å². The molecule has 0 radical (unpaired) electrons. The van der Waals surface area contributed by atoms with Crippen LogP contribution in [0.1, 0.15) is 38.2 Å². The Kier molecular flexibility index (Phi) is 5.23. The minimum Gasteiger partial charge on any atom is -0.370 e. The molecule has 1 saturated heterocycles. The van der Waals surface area contributed by atoms with Gasteiger partial charge in [0.15, 0.2) is 0 Å². The summed E-state index contributed by atoms with van der Waals surface area (Å²) in [6.45, 7) is 5.51. The van der Waals surface area contributed by atoms with E-state index in [0.717, 1.165) is 31.6 Å². The molecule has 1 unspecified atom stereocenters. The molecule has 1 aromatic rings. The first-order chi connectivity index (χ1) is 9.33. The van der Waals surface area contributed by atoms with Gasteiger partial charge >= 0.3 is 0 Å². The van der Waals surface area contributed by atoms with E-state index in [-0.39, 0.29) is 0 Å². The summed E-state index contributed by atoms with van der Waals surface area (Å²) in [5.74, 6) is 0. The van der Waals surface area contributed by atoms with Gasteiger partial charge in [0, 0.05) is 24.8 Å². The van der Waals surface area contributed by atoms with Crippen molar-refractivity contribution in [3.05, 3.63) is 29.8 Å². The minimum atomic E-state index is 0.607. The van der Waals surface area contributed by atoms with Gasteiger partial charge < -0.3 is 10.2 Å². The van der Waals surface area contributed by atoms with Gasteiger partial charge in [0.25, 0.3) is 0 Å². The lowest BCUT2D eigenvalue weighted by atomic mass is 10.0. The second-order valence-corrected chi connectivity index (χ2v) is 5.25. The number of rotatable bonds is 5. The van der Waals surface area contributed by atoms with Crippen LogP contribution in [0.2, 0.25) is 0 Å². The van der Waals surface area contributed by atoms with E-state index >= 15 is 0 Å². The van der Waals surface area contributed by atoms with Crippen LogP contribution in [0.4, 0.5) is 5.69 Å². The Morgan fingerprint density at radius 3 is 2.68 bits per heavy atom. The number of nitriles is 1. The standard InChI is InChI=1S/C16H23N3/c1-2-11-19(13-15-5-3-4-10-18-15)16-8-6-14(12-17)7-9-16/h6-9,15,18H,2-5,10-11,13H2,1H3. The lowest BCUT2D eigenvalue weighted by Gasteiger charge is -2.32. The molecule has 3 nitrogen and oxygen atoms in total. The van der Waals surface area contributed by atoms with Gasteiger partial charge in [-0.3, -0.25) is 0 Å². The number of benzene rings is 1. The summed E-state index contributed by atoms with van der Waals surface area (Å²) in [6.07, 6.45) is 5.06. The van der Waals surface area contributed by atoms with Crippen LogP contribution in [0.25, 0.3) is 0 Å². The van der Waals surface area contributed by atoms with Gasteiger partial charge in [-0.05, 0) is 50.1 Å². The van der Waals surface area contributed by atoms with Gasteiger partial charge in [0.05, 0.1) is 11.6 Å². The van der Waals surface area contributed by atoms with Crippen molar-refractivity contribution in [1.29, 1.82) is 5.26 Å². The van der Waals surface area contributed by atoms with Gasteiger partial charge in [-0.2, -0.15) is 5.26 Å². The third-order valence-corrected chi connectivity index (χ3v) is 3.71. The van der Waals surface area contributed by atoms with E-state index in [2.05, 4.69) is 35.3 Å². The molecule has 0 aromatic heterocycles. The summed E-state index contributed by atoms with van der Waals surface area (Å²) in [7, 11) is 0. The van der Waals surface area contributed by atoms with Crippen LogP contribution < -0.4 is 10.2 Å². The highest BCUT2D eigenvalue weighted by atomic mass is 15.2. The van der Waals surface area contributed by atoms with E-state index in [4.69, 9.17) is 5.26 Å². The number of nitrogens with one attached hydrogen (secondary N) is 1. The van der Waals surface area contributed by atoms with Gasteiger partial charge in [-0.15, -0.1) is 0 Å². The van der Waals surface area contributed by atoms with E-state index in [1.165, 1.54) is 24.9 Å². The van der Waals surface area contributed by atoms with Crippen molar-refractivity contribution in [2.45, 2.75) is 38.6 Å². The summed E-state index contributed by atoms with van der Waals surface area (Å²) >= 11 is 0. The molecule has 1 aromatic carbocycles. The van der Waals surface area contributed by atoms with E-state index in [1.807, 2.05) is 12.1 Å². The van der Waals surface area contributed by atoms with Crippen LogP contribution in [0.3, 0.4) is 0 Å². The van der Waals surface area contributed by atoms with Crippen LogP contribution in [0, 0.1) is 11.3 Å². The molecule has 2 rings (SSSR count). The average molecular weight is 257 g/mol. The summed E-state index contributed by atoms with van der Waals surface area (Å²) in [5.41, 5.74) is 1.96. The number of piperidine rings is 1. The minimum absolute atomic E-state index is 0.607. The van der Waals surface area contributed by atoms with Crippen molar-refractivity contribution in [3.63, 3.8) is 0 Å². The van der Waals surface area contributed by atoms with E-state index in [9.17, 15) is 0 Å². The van der Waals surface area contributed by atoms with Gasteiger partial charge in [0.1, 0.15) is 0 Å². The smallest absolute Gasteiger partial charge is 0.0991 e. The van der Waals surface area contributed by atoms with Crippen molar-refractivity contribution in [2.24, 2.45) is 0 Å². The molecule has 102 valence electrons. The highest BCUT2D eigenvalue weighted by Crippen LogP contribution is 2.18. The van der Waals surface area contributed by atoms with Crippen molar-refractivity contribution in [3.8, 4) is 6.07 Å². The zero-order chi connectivity index (χ0) is 13.5. The zero-order valence-electron chi connectivity index (χ0n) is 11.7. The maximum absolute atomic E-state index is 8.86. The van der Waals surface area contributed by atoms with Gasteiger partial charge in [-0.1, -0.05) is 13.3 Å². The molecule has 3 heteroatoms. The molecule has 1 N–H and O–H groups in total. The van der Waals surface area contributed by atoms with Crippen molar-refractivity contribution in [1.82, 2.24) is 5.32 Å². The van der Waals surface area contributed by atoms with Crippen molar-refractivity contribution < 1.29 is 0 Å². The molecule has 1 aliphatic heterocycles. The molecule has 1 aliphatic rings. The normalized spacial score (nSPS) is 18.8. The van der Waals surface area contributed by atoms with E-state index in [1.54, 1.807) is 0 Å². The SMILES string of the molecule is CCCN(CC1CCCCN1)c1ccc(C#N)cc1. The van der Waals surface area contributed by atoms with Crippen LogP contribution in [-0.2, 0) is 0 Å². The molecule has 0 spiro atoms. The summed E-state index contributed by atoms with van der Waals surface area (Å²) < 4.78 is 0. The molecule has 0 aliphatic carbocycles. The number of hydrogen-bond donors (Lipinski definition) is 1. The zero-order valence-corrected chi connectivity index (χ0v) is 11.7. The first-order valence-corrected chi connectivity index (χ1v) is 7.32. The second kappa shape index (κ2) is 7.16. The third-order valence-electron chi connectivity index (χ3n) is 3.71. The second-order valence-electron chi connectivity index (χ2n) is 5.25. The van der Waals surface area contributed by atoms with Crippen LogP contribution in [0.5, 0.6) is 0 Å². The average Bonchev–Trinajstić information content (AvgIpc) is 2.48. The maximum atomic E-state index is 8.86. The van der Waals surface area contributed by atoms with E-state index in [0.29, 0.717) is 6.04 Å². The topological polar surface area (TPSA) is 39.1 Å². The molecule has 0 amide bonds. The maximum Gasteiger partial charge on any atom is 0.0991 e. The fraction of sp³-hybridized carbons (Fsp3) is 0.562. The van der Waals surface area contributed by atoms with Gasteiger partial charge in [0.2, 0.25) is 0 Å².